The van der Waals surface area contributed by atoms with E-state index in [1.54, 1.807) is 0 Å². The molecule has 0 unspecified atom stereocenters. The molecule has 0 aliphatic carbocycles. The third-order valence-corrected chi connectivity index (χ3v) is 4.03. The quantitative estimate of drug-likeness (QED) is 0.830. The van der Waals surface area contributed by atoms with Crippen LogP contribution in [0.3, 0.4) is 0 Å². The Morgan fingerprint density at radius 3 is 2.67 bits per heavy atom. The number of nitrogens with zero attached hydrogens (tertiary/aromatic N) is 1. The summed E-state index contributed by atoms with van der Waals surface area (Å²) in [4.78, 5) is 12.9. The lowest BCUT2D eigenvalue weighted by molar-refractivity contribution is -0.118. The largest absolute Gasteiger partial charge is 0.359 e. The van der Waals surface area contributed by atoms with Gasteiger partial charge in [0.2, 0.25) is 5.91 Å². The van der Waals surface area contributed by atoms with Gasteiger partial charge < -0.3 is 9.84 Å². The number of carbonyl (C=O) groups excluding carboxylic acids is 1. The van der Waals surface area contributed by atoms with Gasteiger partial charge in [-0.05, 0) is 25.0 Å². The average molecular weight is 304 g/mol. The Hall–Kier alpha value is -1.75. The van der Waals surface area contributed by atoms with Crippen LogP contribution in [0.4, 0.5) is 0 Å². The summed E-state index contributed by atoms with van der Waals surface area (Å²) in [5, 5.41) is 6.80. The molecule has 0 fully saturated rings. The summed E-state index contributed by atoms with van der Waals surface area (Å²) in [7, 11) is 0. The molecule has 5 heteroatoms. The lowest BCUT2D eigenvalue weighted by Gasteiger charge is -2.03. The predicted octanol–water partition coefficient (Wildman–Crippen LogP) is 3.51. The fourth-order valence-electron chi connectivity index (χ4n) is 1.70. The fraction of sp³-hybridized carbons (Fsp3) is 0.375. The number of carbonyl (C=O) groups is 1. The molecule has 21 heavy (non-hydrogen) atoms. The van der Waals surface area contributed by atoms with E-state index in [1.807, 2.05) is 37.3 Å². The lowest BCUT2D eigenvalue weighted by atomic mass is 10.1. The molecule has 0 spiro atoms. The number of amides is 1. The first-order valence-electron chi connectivity index (χ1n) is 6.96. The molecule has 1 aromatic heterocycles. The van der Waals surface area contributed by atoms with Crippen LogP contribution in [0.2, 0.25) is 0 Å². The van der Waals surface area contributed by atoms with Crippen molar-refractivity contribution in [2.24, 2.45) is 0 Å². The van der Waals surface area contributed by atoms with E-state index in [-0.39, 0.29) is 5.91 Å². The predicted molar refractivity (Wildman–Crippen MR) is 84.3 cm³/mol. The maximum Gasteiger partial charge on any atom is 0.230 e. The summed E-state index contributed by atoms with van der Waals surface area (Å²) in [5.41, 5.74) is 2.13. The highest BCUT2D eigenvalue weighted by atomic mass is 32.2. The summed E-state index contributed by atoms with van der Waals surface area (Å²) >= 11 is 1.52. The van der Waals surface area contributed by atoms with Gasteiger partial charge in [0.25, 0.3) is 0 Å². The maximum atomic E-state index is 11.8. The molecular formula is C16H20N2O2S. The van der Waals surface area contributed by atoms with Crippen LogP contribution >= 0.6 is 11.8 Å². The molecule has 2 aromatic rings. The van der Waals surface area contributed by atoms with Crippen molar-refractivity contribution in [1.29, 1.82) is 0 Å². The zero-order chi connectivity index (χ0) is 15.2. The Labute approximate surface area is 129 Å². The van der Waals surface area contributed by atoms with Gasteiger partial charge >= 0.3 is 0 Å². The van der Waals surface area contributed by atoms with Crippen molar-refractivity contribution < 1.29 is 9.32 Å². The van der Waals surface area contributed by atoms with E-state index in [2.05, 4.69) is 24.3 Å². The van der Waals surface area contributed by atoms with E-state index < -0.39 is 0 Å². The minimum absolute atomic E-state index is 0.0110. The number of nitrogens with one attached hydrogen (secondary N) is 1. The van der Waals surface area contributed by atoms with Gasteiger partial charge in [-0.15, -0.1) is 11.8 Å². The standard InChI is InChI=1S/C16H20N2O2S/c1-11(2)15-8-13(20-18-15)9-17-16(19)10-21-14-6-4-12(3)5-7-14/h4-8,11H,9-10H2,1-3H3,(H,17,19). The third kappa shape index (κ3) is 4.93. The maximum absolute atomic E-state index is 11.8. The molecule has 0 saturated carbocycles. The van der Waals surface area contributed by atoms with Crippen molar-refractivity contribution in [3.05, 3.63) is 47.3 Å². The molecule has 2 rings (SSSR count). The minimum Gasteiger partial charge on any atom is -0.359 e. The number of thioether (sulfide) groups is 1. The van der Waals surface area contributed by atoms with Gasteiger partial charge in [-0.25, -0.2) is 0 Å². The minimum atomic E-state index is -0.0110. The van der Waals surface area contributed by atoms with E-state index in [9.17, 15) is 4.79 Å². The number of benzene rings is 1. The van der Waals surface area contributed by atoms with Crippen LogP contribution < -0.4 is 5.32 Å². The van der Waals surface area contributed by atoms with Gasteiger partial charge in [-0.2, -0.15) is 0 Å². The Balaban J connectivity index is 1.75. The van der Waals surface area contributed by atoms with Gasteiger partial charge in [0.05, 0.1) is 18.0 Å². The number of aryl methyl sites for hydroxylation is 1. The molecule has 1 N–H and O–H groups in total. The Bertz CT molecular complexity index is 591. The zero-order valence-corrected chi connectivity index (χ0v) is 13.4. The SMILES string of the molecule is Cc1ccc(SCC(=O)NCc2cc(C(C)C)no2)cc1. The highest BCUT2D eigenvalue weighted by Crippen LogP contribution is 2.18. The molecule has 1 heterocycles. The summed E-state index contributed by atoms with van der Waals surface area (Å²) < 4.78 is 5.18. The molecule has 0 atom stereocenters. The van der Waals surface area contributed by atoms with Crippen LogP contribution in [-0.2, 0) is 11.3 Å². The highest BCUT2D eigenvalue weighted by Gasteiger charge is 2.09. The monoisotopic (exact) mass is 304 g/mol. The number of hydrogen-bond donors (Lipinski definition) is 1. The molecule has 1 amide bonds. The van der Waals surface area contributed by atoms with Gasteiger partial charge in [-0.1, -0.05) is 36.7 Å². The Kier molecular flexibility index (Phi) is 5.44. The number of rotatable bonds is 6. The summed E-state index contributed by atoms with van der Waals surface area (Å²) in [6.45, 7) is 6.54. The number of aromatic nitrogens is 1. The molecule has 0 aliphatic heterocycles. The van der Waals surface area contributed by atoms with Crippen molar-refractivity contribution in [2.45, 2.75) is 38.1 Å². The van der Waals surface area contributed by atoms with Crippen LogP contribution in [0, 0.1) is 6.92 Å². The Morgan fingerprint density at radius 2 is 2.05 bits per heavy atom. The zero-order valence-electron chi connectivity index (χ0n) is 12.6. The van der Waals surface area contributed by atoms with Crippen molar-refractivity contribution in [3.8, 4) is 0 Å². The van der Waals surface area contributed by atoms with Crippen molar-refractivity contribution >= 4 is 17.7 Å². The van der Waals surface area contributed by atoms with Crippen LogP contribution in [0.5, 0.6) is 0 Å². The van der Waals surface area contributed by atoms with Gasteiger partial charge in [0.1, 0.15) is 0 Å². The fourth-order valence-corrected chi connectivity index (χ4v) is 2.43. The second kappa shape index (κ2) is 7.31. The van der Waals surface area contributed by atoms with Crippen LogP contribution in [0.15, 0.2) is 39.8 Å². The lowest BCUT2D eigenvalue weighted by Crippen LogP contribution is -2.24. The van der Waals surface area contributed by atoms with Crippen LogP contribution in [0.25, 0.3) is 0 Å². The number of hydrogen-bond acceptors (Lipinski definition) is 4. The topological polar surface area (TPSA) is 55.1 Å². The summed E-state index contributed by atoms with van der Waals surface area (Å²) in [6.07, 6.45) is 0. The van der Waals surface area contributed by atoms with Gasteiger partial charge in [0, 0.05) is 11.0 Å². The third-order valence-electron chi connectivity index (χ3n) is 3.02. The first kappa shape index (κ1) is 15.6. The summed E-state index contributed by atoms with van der Waals surface area (Å²) in [5.74, 6) is 1.40. The molecular weight excluding hydrogens is 284 g/mol. The molecule has 0 bridgehead atoms. The first-order chi connectivity index (χ1) is 10.0. The smallest absolute Gasteiger partial charge is 0.230 e. The second-order valence-electron chi connectivity index (χ2n) is 5.25. The molecule has 4 nitrogen and oxygen atoms in total. The van der Waals surface area contributed by atoms with Gasteiger partial charge in [-0.3, -0.25) is 4.79 Å². The Morgan fingerprint density at radius 1 is 1.33 bits per heavy atom. The normalized spacial score (nSPS) is 10.9. The first-order valence-corrected chi connectivity index (χ1v) is 7.95. The molecule has 0 radical (unpaired) electrons. The summed E-state index contributed by atoms with van der Waals surface area (Å²) in [6, 6.07) is 10.0. The van der Waals surface area contributed by atoms with E-state index in [1.165, 1.54) is 17.3 Å². The highest BCUT2D eigenvalue weighted by molar-refractivity contribution is 8.00. The van der Waals surface area contributed by atoms with Crippen molar-refractivity contribution in [1.82, 2.24) is 10.5 Å². The van der Waals surface area contributed by atoms with E-state index in [4.69, 9.17) is 4.52 Å². The van der Waals surface area contributed by atoms with E-state index in [0.717, 1.165) is 10.6 Å². The average Bonchev–Trinajstić information content (AvgIpc) is 2.93. The molecule has 0 saturated heterocycles. The van der Waals surface area contributed by atoms with Gasteiger partial charge in [0.15, 0.2) is 5.76 Å². The second-order valence-corrected chi connectivity index (χ2v) is 6.30. The van der Waals surface area contributed by atoms with Crippen molar-refractivity contribution in [2.75, 3.05) is 5.75 Å². The van der Waals surface area contributed by atoms with Crippen LogP contribution in [-0.4, -0.2) is 16.8 Å². The molecule has 112 valence electrons. The van der Waals surface area contributed by atoms with E-state index in [0.29, 0.717) is 24.0 Å². The van der Waals surface area contributed by atoms with E-state index >= 15 is 0 Å². The van der Waals surface area contributed by atoms with Crippen molar-refractivity contribution in [3.63, 3.8) is 0 Å². The molecule has 0 aliphatic rings. The molecule has 1 aromatic carbocycles. The van der Waals surface area contributed by atoms with Crippen LogP contribution in [0.1, 0.15) is 36.8 Å².